The number of rotatable bonds is 3. The van der Waals surface area contributed by atoms with Crippen LogP contribution in [-0.2, 0) is 10.0 Å². The summed E-state index contributed by atoms with van der Waals surface area (Å²) in [7, 11) is -3.38. The summed E-state index contributed by atoms with van der Waals surface area (Å²) in [6.45, 7) is 0. The quantitative estimate of drug-likeness (QED) is 0.777. The maximum atomic E-state index is 11.8. The lowest BCUT2D eigenvalue weighted by molar-refractivity contribution is 0.581. The van der Waals surface area contributed by atoms with Gasteiger partial charge in [-0.05, 0) is 31.0 Å². The Kier molecular flexibility index (Phi) is 2.51. The number of terminal acetylenes is 1. The maximum absolute atomic E-state index is 11.8. The van der Waals surface area contributed by atoms with Crippen LogP contribution in [0.15, 0.2) is 29.2 Å². The fraction of sp³-hybridized carbons (Fsp3) is 0.273. The van der Waals surface area contributed by atoms with Gasteiger partial charge >= 0.3 is 0 Å². The number of sulfonamides is 1. The summed E-state index contributed by atoms with van der Waals surface area (Å²) >= 11 is 0. The minimum atomic E-state index is -3.38. The molecule has 1 aliphatic rings. The molecule has 0 atom stereocenters. The van der Waals surface area contributed by atoms with Crippen molar-refractivity contribution in [3.63, 3.8) is 0 Å². The van der Waals surface area contributed by atoms with Crippen LogP contribution in [0.4, 0.5) is 0 Å². The normalized spacial score (nSPS) is 15.9. The van der Waals surface area contributed by atoms with Gasteiger partial charge in [-0.1, -0.05) is 12.0 Å². The molecule has 0 spiro atoms. The average Bonchev–Trinajstić information content (AvgIpc) is 3.01. The standard InChI is InChI=1S/C11H11NO2S/c1-2-9-4-3-5-11(8-9)15(13,14)12-10-6-7-10/h1,3-5,8,10,12H,6-7H2. The van der Waals surface area contributed by atoms with Crippen LogP contribution in [0, 0.1) is 12.3 Å². The monoisotopic (exact) mass is 221 g/mol. The van der Waals surface area contributed by atoms with E-state index < -0.39 is 10.0 Å². The minimum Gasteiger partial charge on any atom is -0.208 e. The Morgan fingerprint density at radius 2 is 2.13 bits per heavy atom. The molecule has 0 unspecified atom stereocenters. The van der Waals surface area contributed by atoms with Crippen molar-refractivity contribution in [2.75, 3.05) is 0 Å². The average molecular weight is 221 g/mol. The predicted octanol–water partition coefficient (Wildman–Crippen LogP) is 1.11. The fourth-order valence-corrected chi connectivity index (χ4v) is 2.59. The first kappa shape index (κ1) is 10.2. The molecule has 0 amide bonds. The van der Waals surface area contributed by atoms with E-state index in [9.17, 15) is 8.42 Å². The lowest BCUT2D eigenvalue weighted by atomic mass is 10.2. The molecule has 0 heterocycles. The van der Waals surface area contributed by atoms with Gasteiger partial charge in [-0.25, -0.2) is 13.1 Å². The topological polar surface area (TPSA) is 46.2 Å². The third-order valence-corrected chi connectivity index (χ3v) is 3.73. The van der Waals surface area contributed by atoms with E-state index >= 15 is 0 Å². The Balaban J connectivity index is 2.31. The van der Waals surface area contributed by atoms with E-state index in [1.165, 1.54) is 6.07 Å². The molecule has 3 nitrogen and oxygen atoms in total. The van der Waals surface area contributed by atoms with Crippen LogP contribution < -0.4 is 4.72 Å². The summed E-state index contributed by atoms with van der Waals surface area (Å²) in [5.74, 6) is 2.42. The van der Waals surface area contributed by atoms with Crippen LogP contribution in [-0.4, -0.2) is 14.5 Å². The van der Waals surface area contributed by atoms with Crippen molar-refractivity contribution in [3.8, 4) is 12.3 Å². The molecule has 0 saturated heterocycles. The lowest BCUT2D eigenvalue weighted by Gasteiger charge is -2.05. The molecule has 1 N–H and O–H groups in total. The van der Waals surface area contributed by atoms with E-state index in [0.29, 0.717) is 5.56 Å². The third kappa shape index (κ3) is 2.38. The highest BCUT2D eigenvalue weighted by Crippen LogP contribution is 2.22. The molecule has 0 bridgehead atoms. The Labute approximate surface area is 89.6 Å². The second-order valence-corrected chi connectivity index (χ2v) is 5.28. The van der Waals surface area contributed by atoms with Crippen molar-refractivity contribution in [2.45, 2.75) is 23.8 Å². The highest BCUT2D eigenvalue weighted by atomic mass is 32.2. The Morgan fingerprint density at radius 1 is 1.40 bits per heavy atom. The first-order valence-corrected chi connectivity index (χ1v) is 6.19. The number of benzene rings is 1. The first-order valence-electron chi connectivity index (χ1n) is 4.71. The van der Waals surface area contributed by atoms with Gasteiger partial charge in [-0.15, -0.1) is 6.42 Å². The van der Waals surface area contributed by atoms with Crippen molar-refractivity contribution in [3.05, 3.63) is 29.8 Å². The zero-order valence-electron chi connectivity index (χ0n) is 8.10. The van der Waals surface area contributed by atoms with Crippen LogP contribution >= 0.6 is 0 Å². The van der Waals surface area contributed by atoms with Gasteiger partial charge in [0.2, 0.25) is 10.0 Å². The second kappa shape index (κ2) is 3.69. The summed E-state index contributed by atoms with van der Waals surface area (Å²) in [5, 5.41) is 0. The maximum Gasteiger partial charge on any atom is 0.240 e. The van der Waals surface area contributed by atoms with Gasteiger partial charge in [0.1, 0.15) is 0 Å². The van der Waals surface area contributed by atoms with Crippen LogP contribution in [0.25, 0.3) is 0 Å². The van der Waals surface area contributed by atoms with Gasteiger partial charge < -0.3 is 0 Å². The Morgan fingerprint density at radius 3 is 2.73 bits per heavy atom. The number of nitrogens with one attached hydrogen (secondary N) is 1. The largest absolute Gasteiger partial charge is 0.240 e. The summed E-state index contributed by atoms with van der Waals surface area (Å²) in [6, 6.07) is 6.52. The minimum absolute atomic E-state index is 0.115. The molecule has 1 fully saturated rings. The van der Waals surface area contributed by atoms with Gasteiger partial charge in [0, 0.05) is 11.6 Å². The molecular weight excluding hydrogens is 210 g/mol. The highest BCUT2D eigenvalue weighted by Gasteiger charge is 2.27. The molecule has 78 valence electrons. The van der Waals surface area contributed by atoms with E-state index in [1.807, 2.05) is 0 Å². The molecule has 1 aliphatic carbocycles. The van der Waals surface area contributed by atoms with Gasteiger partial charge in [-0.2, -0.15) is 0 Å². The predicted molar refractivity (Wildman–Crippen MR) is 57.7 cm³/mol. The summed E-state index contributed by atoms with van der Waals surface area (Å²) in [4.78, 5) is 0.241. The number of hydrogen-bond donors (Lipinski definition) is 1. The molecule has 0 aromatic heterocycles. The highest BCUT2D eigenvalue weighted by molar-refractivity contribution is 7.89. The van der Waals surface area contributed by atoms with Crippen molar-refractivity contribution in [1.82, 2.24) is 4.72 Å². The summed E-state index contributed by atoms with van der Waals surface area (Å²) < 4.78 is 26.1. The zero-order valence-corrected chi connectivity index (χ0v) is 8.92. The van der Waals surface area contributed by atoms with Crippen LogP contribution in [0.2, 0.25) is 0 Å². The van der Waals surface area contributed by atoms with E-state index in [2.05, 4.69) is 10.6 Å². The molecule has 1 saturated carbocycles. The van der Waals surface area contributed by atoms with E-state index in [0.717, 1.165) is 12.8 Å². The molecule has 1 aromatic carbocycles. The van der Waals surface area contributed by atoms with Crippen molar-refractivity contribution in [1.29, 1.82) is 0 Å². The molecular formula is C11H11NO2S. The molecule has 1 aromatic rings. The third-order valence-electron chi connectivity index (χ3n) is 2.21. The van der Waals surface area contributed by atoms with Crippen LogP contribution in [0.1, 0.15) is 18.4 Å². The van der Waals surface area contributed by atoms with Crippen molar-refractivity contribution < 1.29 is 8.42 Å². The second-order valence-electron chi connectivity index (χ2n) is 3.57. The van der Waals surface area contributed by atoms with Gasteiger partial charge in [0.15, 0.2) is 0 Å². The van der Waals surface area contributed by atoms with Gasteiger partial charge in [-0.3, -0.25) is 0 Å². The van der Waals surface area contributed by atoms with E-state index in [-0.39, 0.29) is 10.9 Å². The van der Waals surface area contributed by atoms with Gasteiger partial charge in [0.05, 0.1) is 4.90 Å². The van der Waals surface area contributed by atoms with Crippen LogP contribution in [0.5, 0.6) is 0 Å². The molecule has 0 radical (unpaired) electrons. The molecule has 0 aliphatic heterocycles. The summed E-state index contributed by atoms with van der Waals surface area (Å²) in [6.07, 6.45) is 7.06. The fourth-order valence-electron chi connectivity index (χ4n) is 1.24. The van der Waals surface area contributed by atoms with Gasteiger partial charge in [0.25, 0.3) is 0 Å². The van der Waals surface area contributed by atoms with Crippen molar-refractivity contribution >= 4 is 10.0 Å². The first-order chi connectivity index (χ1) is 7.12. The Hall–Kier alpha value is -1.31. The van der Waals surface area contributed by atoms with Crippen molar-refractivity contribution in [2.24, 2.45) is 0 Å². The molecule has 15 heavy (non-hydrogen) atoms. The summed E-state index contributed by atoms with van der Waals surface area (Å²) in [5.41, 5.74) is 0.577. The van der Waals surface area contributed by atoms with E-state index in [4.69, 9.17) is 6.42 Å². The SMILES string of the molecule is C#Cc1cccc(S(=O)(=O)NC2CC2)c1. The zero-order chi connectivity index (χ0) is 10.9. The molecule has 4 heteroatoms. The van der Waals surface area contributed by atoms with E-state index in [1.54, 1.807) is 18.2 Å². The Bertz CT molecular complexity index is 510. The number of hydrogen-bond acceptors (Lipinski definition) is 2. The smallest absolute Gasteiger partial charge is 0.208 e. The molecule has 2 rings (SSSR count). The lowest BCUT2D eigenvalue weighted by Crippen LogP contribution is -2.25. The van der Waals surface area contributed by atoms with Crippen LogP contribution in [0.3, 0.4) is 0 Å².